The summed E-state index contributed by atoms with van der Waals surface area (Å²) in [6, 6.07) is 6.72. The number of amides is 1. The summed E-state index contributed by atoms with van der Waals surface area (Å²) in [5, 5.41) is 2.78. The number of aryl methyl sites for hydroxylation is 1. The zero-order chi connectivity index (χ0) is 16.4. The molecule has 1 amide bonds. The number of hydrogen-bond acceptors (Lipinski definition) is 5. The van der Waals surface area contributed by atoms with E-state index in [-0.39, 0.29) is 29.6 Å². The molecule has 0 saturated heterocycles. The molecule has 0 unspecified atom stereocenters. The number of rotatable bonds is 4. The van der Waals surface area contributed by atoms with Gasteiger partial charge in [-0.15, -0.1) is 0 Å². The van der Waals surface area contributed by atoms with E-state index in [9.17, 15) is 9.59 Å². The molecule has 120 valence electrons. The standard InChI is InChI=1S/C16H16N2O5/c1-18-8-15(21-2)12(19)6-11(18)16(20)17-7-10-3-4-13-14(5-10)23-9-22-13/h3-6,8H,7,9H2,1-2H3,(H,17,20). The Bertz CT molecular complexity index is 813. The van der Waals surface area contributed by atoms with Gasteiger partial charge in [0.15, 0.2) is 17.2 Å². The van der Waals surface area contributed by atoms with Crippen LogP contribution in [-0.2, 0) is 13.6 Å². The van der Waals surface area contributed by atoms with Crippen molar-refractivity contribution in [1.29, 1.82) is 0 Å². The van der Waals surface area contributed by atoms with Crippen molar-refractivity contribution < 1.29 is 19.0 Å². The summed E-state index contributed by atoms with van der Waals surface area (Å²) in [6.45, 7) is 0.523. The highest BCUT2D eigenvalue weighted by Gasteiger charge is 2.15. The summed E-state index contributed by atoms with van der Waals surface area (Å²) in [4.78, 5) is 24.0. The first-order chi connectivity index (χ1) is 11.1. The van der Waals surface area contributed by atoms with Gasteiger partial charge in [0.2, 0.25) is 12.2 Å². The monoisotopic (exact) mass is 316 g/mol. The Morgan fingerprint density at radius 2 is 2.09 bits per heavy atom. The van der Waals surface area contributed by atoms with E-state index in [1.54, 1.807) is 17.7 Å². The lowest BCUT2D eigenvalue weighted by Gasteiger charge is -2.11. The van der Waals surface area contributed by atoms with E-state index in [0.717, 1.165) is 5.56 Å². The van der Waals surface area contributed by atoms with Gasteiger partial charge in [-0.05, 0) is 17.7 Å². The fraction of sp³-hybridized carbons (Fsp3) is 0.250. The first-order valence-corrected chi connectivity index (χ1v) is 7.00. The molecule has 1 aromatic carbocycles. The molecule has 0 bridgehead atoms. The number of pyridine rings is 1. The summed E-state index contributed by atoms with van der Waals surface area (Å²) in [6.07, 6.45) is 1.48. The summed E-state index contributed by atoms with van der Waals surface area (Å²) >= 11 is 0. The van der Waals surface area contributed by atoms with E-state index in [0.29, 0.717) is 18.0 Å². The van der Waals surface area contributed by atoms with Gasteiger partial charge in [-0.3, -0.25) is 9.59 Å². The maximum atomic E-state index is 12.3. The number of fused-ring (bicyclic) bond motifs is 1. The number of ether oxygens (including phenoxy) is 3. The van der Waals surface area contributed by atoms with E-state index in [1.807, 2.05) is 12.1 Å². The number of methoxy groups -OCH3 is 1. The van der Waals surface area contributed by atoms with Crippen LogP contribution in [0.5, 0.6) is 17.2 Å². The molecule has 23 heavy (non-hydrogen) atoms. The average Bonchev–Trinajstić information content (AvgIpc) is 3.02. The molecule has 3 rings (SSSR count). The topological polar surface area (TPSA) is 78.8 Å². The van der Waals surface area contributed by atoms with Crippen LogP contribution in [-0.4, -0.2) is 24.4 Å². The van der Waals surface area contributed by atoms with Crippen molar-refractivity contribution in [3.8, 4) is 17.2 Å². The third kappa shape index (κ3) is 2.98. The Kier molecular flexibility index (Phi) is 3.92. The minimum atomic E-state index is -0.343. The lowest BCUT2D eigenvalue weighted by Crippen LogP contribution is -2.27. The maximum absolute atomic E-state index is 12.3. The minimum Gasteiger partial charge on any atom is -0.491 e. The largest absolute Gasteiger partial charge is 0.491 e. The number of hydrogen-bond donors (Lipinski definition) is 1. The molecule has 1 aromatic heterocycles. The van der Waals surface area contributed by atoms with Crippen molar-refractivity contribution in [2.24, 2.45) is 7.05 Å². The van der Waals surface area contributed by atoms with Crippen molar-refractivity contribution in [3.63, 3.8) is 0 Å². The molecule has 0 fully saturated rings. The van der Waals surface area contributed by atoms with Crippen LogP contribution in [0.3, 0.4) is 0 Å². The van der Waals surface area contributed by atoms with Gasteiger partial charge in [0, 0.05) is 19.7 Å². The van der Waals surface area contributed by atoms with E-state index in [4.69, 9.17) is 14.2 Å². The molecule has 7 heteroatoms. The number of nitrogens with one attached hydrogen (secondary N) is 1. The van der Waals surface area contributed by atoms with Crippen molar-refractivity contribution in [2.45, 2.75) is 6.54 Å². The predicted molar refractivity (Wildman–Crippen MR) is 82.0 cm³/mol. The molecule has 0 spiro atoms. The summed E-state index contributed by atoms with van der Waals surface area (Å²) in [7, 11) is 3.09. The van der Waals surface area contributed by atoms with Crippen molar-refractivity contribution in [1.82, 2.24) is 9.88 Å². The second-order valence-corrected chi connectivity index (χ2v) is 5.07. The van der Waals surface area contributed by atoms with E-state index in [1.165, 1.54) is 19.4 Å². The molecule has 2 heterocycles. The number of carbonyl (C=O) groups excluding carboxylic acids is 1. The normalized spacial score (nSPS) is 12.1. The highest BCUT2D eigenvalue weighted by molar-refractivity contribution is 5.92. The first kappa shape index (κ1) is 15.0. The van der Waals surface area contributed by atoms with Gasteiger partial charge in [0.1, 0.15) is 5.69 Å². The Morgan fingerprint density at radius 1 is 1.30 bits per heavy atom. The fourth-order valence-corrected chi connectivity index (χ4v) is 2.31. The van der Waals surface area contributed by atoms with Crippen LogP contribution >= 0.6 is 0 Å². The van der Waals surface area contributed by atoms with Gasteiger partial charge in [-0.1, -0.05) is 6.07 Å². The SMILES string of the molecule is COc1cn(C)c(C(=O)NCc2ccc3c(c2)OCO3)cc1=O. The van der Waals surface area contributed by atoms with Crippen LogP contribution in [0.4, 0.5) is 0 Å². The highest BCUT2D eigenvalue weighted by Crippen LogP contribution is 2.32. The van der Waals surface area contributed by atoms with E-state index >= 15 is 0 Å². The third-order valence-electron chi connectivity index (χ3n) is 3.54. The quantitative estimate of drug-likeness (QED) is 0.912. The molecule has 1 aliphatic rings. The lowest BCUT2D eigenvalue weighted by molar-refractivity contribution is 0.0941. The molecule has 0 atom stereocenters. The Labute approximate surface area is 132 Å². The number of benzene rings is 1. The van der Waals surface area contributed by atoms with Crippen LogP contribution in [0, 0.1) is 0 Å². The second kappa shape index (κ2) is 6.04. The maximum Gasteiger partial charge on any atom is 0.268 e. The summed E-state index contributed by atoms with van der Waals surface area (Å²) in [5.74, 6) is 1.20. The Hall–Kier alpha value is -2.96. The molecular formula is C16H16N2O5. The molecule has 0 radical (unpaired) electrons. The zero-order valence-electron chi connectivity index (χ0n) is 12.8. The van der Waals surface area contributed by atoms with E-state index in [2.05, 4.69) is 5.32 Å². The molecule has 2 aromatic rings. The smallest absolute Gasteiger partial charge is 0.268 e. The Morgan fingerprint density at radius 3 is 2.87 bits per heavy atom. The number of aromatic nitrogens is 1. The third-order valence-corrected chi connectivity index (χ3v) is 3.54. The second-order valence-electron chi connectivity index (χ2n) is 5.07. The van der Waals surface area contributed by atoms with Gasteiger partial charge >= 0.3 is 0 Å². The van der Waals surface area contributed by atoms with Crippen LogP contribution in [0.2, 0.25) is 0 Å². The molecule has 1 N–H and O–H groups in total. The molecule has 0 saturated carbocycles. The number of carbonyl (C=O) groups is 1. The van der Waals surface area contributed by atoms with Crippen molar-refractivity contribution in [2.75, 3.05) is 13.9 Å². The molecule has 1 aliphatic heterocycles. The van der Waals surface area contributed by atoms with Gasteiger partial charge in [0.25, 0.3) is 5.91 Å². The summed E-state index contributed by atoms with van der Waals surface area (Å²) < 4.78 is 17.0. The van der Waals surface area contributed by atoms with Crippen LogP contribution in [0.25, 0.3) is 0 Å². The van der Waals surface area contributed by atoms with Gasteiger partial charge < -0.3 is 24.1 Å². The van der Waals surface area contributed by atoms with Gasteiger partial charge in [-0.2, -0.15) is 0 Å². The molecule has 7 nitrogen and oxygen atoms in total. The summed E-state index contributed by atoms with van der Waals surface area (Å²) in [5.41, 5.74) is 0.802. The van der Waals surface area contributed by atoms with Crippen LogP contribution in [0.1, 0.15) is 16.1 Å². The van der Waals surface area contributed by atoms with E-state index < -0.39 is 0 Å². The molecular weight excluding hydrogens is 300 g/mol. The van der Waals surface area contributed by atoms with Crippen LogP contribution in [0.15, 0.2) is 35.3 Å². The zero-order valence-corrected chi connectivity index (χ0v) is 12.8. The fourth-order valence-electron chi connectivity index (χ4n) is 2.31. The predicted octanol–water partition coefficient (Wildman–Crippen LogP) is 1.05. The number of nitrogens with zero attached hydrogens (tertiary/aromatic N) is 1. The lowest BCUT2D eigenvalue weighted by atomic mass is 10.2. The van der Waals surface area contributed by atoms with Gasteiger partial charge in [0.05, 0.1) is 13.3 Å². The van der Waals surface area contributed by atoms with Crippen LogP contribution < -0.4 is 25.0 Å². The average molecular weight is 316 g/mol. The van der Waals surface area contributed by atoms with Crippen molar-refractivity contribution in [3.05, 3.63) is 51.9 Å². The molecule has 0 aliphatic carbocycles. The first-order valence-electron chi connectivity index (χ1n) is 7.00. The highest BCUT2D eigenvalue weighted by atomic mass is 16.7. The Balaban J connectivity index is 1.72. The minimum absolute atomic E-state index is 0.194. The van der Waals surface area contributed by atoms with Crippen molar-refractivity contribution >= 4 is 5.91 Å². The van der Waals surface area contributed by atoms with Gasteiger partial charge in [-0.25, -0.2) is 0 Å².